The number of sulfonamides is 1. The second-order valence-corrected chi connectivity index (χ2v) is 13.8. The number of carbonyl (C=O) groups excluding carboxylic acids is 2. The lowest BCUT2D eigenvalue weighted by Crippen LogP contribution is -2.54. The van der Waals surface area contributed by atoms with E-state index in [1.54, 1.807) is 72.8 Å². The molecule has 0 bridgehead atoms. The number of halogens is 1. The molecule has 45 heavy (non-hydrogen) atoms. The van der Waals surface area contributed by atoms with Crippen LogP contribution < -0.4 is 9.62 Å². The van der Waals surface area contributed by atoms with Crippen LogP contribution in [-0.4, -0.2) is 43.8 Å². The number of rotatable bonds is 12. The van der Waals surface area contributed by atoms with E-state index in [1.807, 2.05) is 43.3 Å². The van der Waals surface area contributed by atoms with Gasteiger partial charge in [0.1, 0.15) is 12.6 Å². The summed E-state index contributed by atoms with van der Waals surface area (Å²) in [6.07, 6.45) is 4.14. The SMILES string of the molecule is Cc1ccc(S(=O)(=O)N(CC(=O)N(Cc2cccc(Cl)c2)[C@H](Cc2ccccc2)C(=O)NC2CCCC2)c2ccccc2)cc1. The monoisotopic (exact) mass is 643 g/mol. The number of aryl methyl sites for hydroxylation is 1. The largest absolute Gasteiger partial charge is 0.352 e. The van der Waals surface area contributed by atoms with Crippen LogP contribution in [0.15, 0.2) is 114 Å². The highest BCUT2D eigenvalue weighted by Crippen LogP contribution is 2.26. The average molecular weight is 644 g/mol. The Morgan fingerprint density at radius 2 is 1.47 bits per heavy atom. The summed E-state index contributed by atoms with van der Waals surface area (Å²) in [5.41, 5.74) is 2.89. The number of para-hydroxylation sites is 1. The molecule has 9 heteroatoms. The lowest BCUT2D eigenvalue weighted by Gasteiger charge is -2.34. The number of nitrogens with zero attached hydrogens (tertiary/aromatic N) is 2. The van der Waals surface area contributed by atoms with Crippen LogP contribution in [0.1, 0.15) is 42.4 Å². The minimum atomic E-state index is -4.14. The van der Waals surface area contributed by atoms with E-state index >= 15 is 0 Å². The highest BCUT2D eigenvalue weighted by atomic mass is 35.5. The first kappa shape index (κ1) is 32.3. The number of hydrogen-bond acceptors (Lipinski definition) is 4. The van der Waals surface area contributed by atoms with E-state index in [9.17, 15) is 18.0 Å². The van der Waals surface area contributed by atoms with Crippen LogP contribution in [0.5, 0.6) is 0 Å². The molecule has 7 nitrogen and oxygen atoms in total. The van der Waals surface area contributed by atoms with Crippen molar-refractivity contribution in [3.8, 4) is 0 Å². The Morgan fingerprint density at radius 3 is 2.11 bits per heavy atom. The van der Waals surface area contributed by atoms with Gasteiger partial charge in [0.05, 0.1) is 10.6 Å². The van der Waals surface area contributed by atoms with Crippen molar-refractivity contribution in [2.24, 2.45) is 0 Å². The molecule has 1 N–H and O–H groups in total. The summed E-state index contributed by atoms with van der Waals surface area (Å²) in [7, 11) is -4.14. The topological polar surface area (TPSA) is 86.8 Å². The van der Waals surface area contributed by atoms with Gasteiger partial charge in [-0.2, -0.15) is 0 Å². The van der Waals surface area contributed by atoms with E-state index in [1.165, 1.54) is 4.90 Å². The Morgan fingerprint density at radius 1 is 0.844 bits per heavy atom. The minimum Gasteiger partial charge on any atom is -0.352 e. The summed E-state index contributed by atoms with van der Waals surface area (Å²) in [4.78, 5) is 30.2. The van der Waals surface area contributed by atoms with Crippen LogP contribution in [0.4, 0.5) is 5.69 Å². The molecule has 0 spiro atoms. The van der Waals surface area contributed by atoms with E-state index in [0.717, 1.165) is 46.7 Å². The summed E-state index contributed by atoms with van der Waals surface area (Å²) < 4.78 is 29.3. The van der Waals surface area contributed by atoms with Crippen molar-refractivity contribution < 1.29 is 18.0 Å². The molecule has 4 aromatic carbocycles. The second kappa shape index (κ2) is 14.8. The third-order valence-electron chi connectivity index (χ3n) is 8.15. The molecule has 1 aliphatic rings. The normalized spacial score (nSPS) is 14.1. The molecule has 0 radical (unpaired) electrons. The Hall–Kier alpha value is -4.14. The quantitative estimate of drug-likeness (QED) is 0.190. The Bertz CT molecular complexity index is 1690. The third kappa shape index (κ3) is 8.32. The average Bonchev–Trinajstić information content (AvgIpc) is 3.55. The fraction of sp³-hybridized carbons (Fsp3) is 0.278. The van der Waals surface area contributed by atoms with E-state index in [-0.39, 0.29) is 29.8 Å². The third-order valence-corrected chi connectivity index (χ3v) is 10.2. The van der Waals surface area contributed by atoms with Crippen molar-refractivity contribution >= 4 is 39.1 Å². The zero-order valence-electron chi connectivity index (χ0n) is 25.3. The highest BCUT2D eigenvalue weighted by Gasteiger charge is 2.35. The first-order valence-electron chi connectivity index (χ1n) is 15.2. The van der Waals surface area contributed by atoms with Crippen LogP contribution in [-0.2, 0) is 32.6 Å². The summed E-state index contributed by atoms with van der Waals surface area (Å²) in [6.45, 7) is 1.46. The number of carbonyl (C=O) groups is 2. The smallest absolute Gasteiger partial charge is 0.264 e. The maximum absolute atomic E-state index is 14.5. The van der Waals surface area contributed by atoms with Gasteiger partial charge in [-0.25, -0.2) is 8.42 Å². The molecule has 1 atom stereocenters. The number of benzene rings is 4. The fourth-order valence-electron chi connectivity index (χ4n) is 5.71. The molecule has 1 saturated carbocycles. The van der Waals surface area contributed by atoms with Crippen LogP contribution in [0.3, 0.4) is 0 Å². The van der Waals surface area contributed by atoms with Crippen molar-refractivity contribution in [3.63, 3.8) is 0 Å². The second-order valence-electron chi connectivity index (χ2n) is 11.5. The van der Waals surface area contributed by atoms with Gasteiger partial charge in [0.25, 0.3) is 10.0 Å². The molecule has 0 unspecified atom stereocenters. The number of anilines is 1. The molecule has 5 rings (SSSR count). The zero-order valence-corrected chi connectivity index (χ0v) is 26.9. The number of hydrogen-bond donors (Lipinski definition) is 1. The summed E-state index contributed by atoms with van der Waals surface area (Å²) >= 11 is 6.33. The van der Waals surface area contributed by atoms with E-state index in [0.29, 0.717) is 10.7 Å². The van der Waals surface area contributed by atoms with Crippen LogP contribution in [0, 0.1) is 6.92 Å². The molecule has 2 amide bonds. The van der Waals surface area contributed by atoms with Gasteiger partial charge in [-0.1, -0.05) is 103 Å². The van der Waals surface area contributed by atoms with Gasteiger partial charge in [-0.15, -0.1) is 0 Å². The van der Waals surface area contributed by atoms with Crippen LogP contribution in [0.25, 0.3) is 0 Å². The van der Waals surface area contributed by atoms with Gasteiger partial charge in [0, 0.05) is 24.0 Å². The maximum atomic E-state index is 14.5. The van der Waals surface area contributed by atoms with Crippen molar-refractivity contribution in [3.05, 3.63) is 131 Å². The molecular weight excluding hydrogens is 606 g/mol. The molecule has 0 aliphatic heterocycles. The molecule has 1 fully saturated rings. The van der Waals surface area contributed by atoms with E-state index < -0.39 is 28.5 Å². The lowest BCUT2D eigenvalue weighted by molar-refractivity contribution is -0.140. The molecule has 0 saturated heterocycles. The van der Waals surface area contributed by atoms with Gasteiger partial charge in [-0.3, -0.25) is 13.9 Å². The van der Waals surface area contributed by atoms with Gasteiger partial charge in [-0.05, 0) is 67.3 Å². The first-order chi connectivity index (χ1) is 21.7. The summed E-state index contributed by atoms with van der Waals surface area (Å²) in [5, 5.41) is 3.69. The first-order valence-corrected chi connectivity index (χ1v) is 17.1. The summed E-state index contributed by atoms with van der Waals surface area (Å²) in [5.74, 6) is -0.759. The van der Waals surface area contributed by atoms with Crippen molar-refractivity contribution in [2.45, 2.75) is 62.6 Å². The van der Waals surface area contributed by atoms with Crippen LogP contribution in [0.2, 0.25) is 5.02 Å². The predicted molar refractivity (Wildman–Crippen MR) is 178 cm³/mol. The number of amides is 2. The Kier molecular flexibility index (Phi) is 10.6. The molecule has 0 heterocycles. The standard InChI is InChI=1S/C36H38ClN3O4S/c1-27-19-21-33(22-20-27)45(43,44)40(32-17-6-3-7-18-32)26-35(41)39(25-29-13-10-14-30(37)23-29)34(24-28-11-4-2-5-12-28)36(42)38-31-15-8-9-16-31/h2-7,10-14,17-23,31,34H,8-9,15-16,24-26H2,1H3,(H,38,42)/t34-/m1/s1. The van der Waals surface area contributed by atoms with Crippen molar-refractivity contribution in [1.29, 1.82) is 0 Å². The van der Waals surface area contributed by atoms with Crippen molar-refractivity contribution in [2.75, 3.05) is 10.8 Å². The Labute approximate surface area is 270 Å². The van der Waals surface area contributed by atoms with Gasteiger partial charge < -0.3 is 10.2 Å². The van der Waals surface area contributed by atoms with Crippen LogP contribution >= 0.6 is 11.6 Å². The molecule has 4 aromatic rings. The predicted octanol–water partition coefficient (Wildman–Crippen LogP) is 6.54. The fourth-order valence-corrected chi connectivity index (χ4v) is 7.34. The van der Waals surface area contributed by atoms with Crippen molar-refractivity contribution in [1.82, 2.24) is 10.2 Å². The maximum Gasteiger partial charge on any atom is 0.264 e. The van der Waals surface area contributed by atoms with E-state index in [2.05, 4.69) is 5.32 Å². The minimum absolute atomic E-state index is 0.0432. The van der Waals surface area contributed by atoms with Gasteiger partial charge >= 0.3 is 0 Å². The molecule has 1 aliphatic carbocycles. The van der Waals surface area contributed by atoms with E-state index in [4.69, 9.17) is 11.6 Å². The number of nitrogens with one attached hydrogen (secondary N) is 1. The van der Waals surface area contributed by atoms with Gasteiger partial charge in [0.15, 0.2) is 0 Å². The van der Waals surface area contributed by atoms with Gasteiger partial charge in [0.2, 0.25) is 11.8 Å². The highest BCUT2D eigenvalue weighted by molar-refractivity contribution is 7.92. The molecular formula is C36H38ClN3O4S. The zero-order chi connectivity index (χ0) is 31.8. The summed E-state index contributed by atoms with van der Waals surface area (Å²) in [6, 6.07) is 31.0. The molecule has 234 valence electrons. The lowest BCUT2D eigenvalue weighted by atomic mass is 10.0. The molecule has 0 aromatic heterocycles. The Balaban J connectivity index is 1.55.